The third kappa shape index (κ3) is 9.44. The van der Waals surface area contributed by atoms with Crippen molar-refractivity contribution in [2.75, 3.05) is 12.4 Å². The minimum Gasteiger partial charge on any atom is -0.496 e. The minimum absolute atomic E-state index is 0.0647. The van der Waals surface area contributed by atoms with Crippen LogP contribution in [-0.4, -0.2) is 41.1 Å². The number of hydrogen-bond donors (Lipinski definition) is 2. The average molecular weight is 730 g/mol. The molecule has 0 fully saturated rings. The smallest absolute Gasteiger partial charge is 0.316 e. The lowest BCUT2D eigenvalue weighted by atomic mass is 9.84. The summed E-state index contributed by atoms with van der Waals surface area (Å²) in [5, 5.41) is 7.93. The van der Waals surface area contributed by atoms with Gasteiger partial charge >= 0.3 is 5.97 Å². The van der Waals surface area contributed by atoms with Crippen molar-refractivity contribution in [1.29, 1.82) is 0 Å². The van der Waals surface area contributed by atoms with Gasteiger partial charge in [0.2, 0.25) is 11.8 Å². The number of nitrogens with zero attached hydrogens (tertiary/aromatic N) is 1. The molecule has 0 aliphatic rings. The fourth-order valence-corrected chi connectivity index (χ4v) is 6.41. The molecule has 0 aliphatic heterocycles. The standard InChI is InChI=1S/C45H51N3O6/c1-28-22-33(17-21-38(28)53-9)27-48-26-29(2)30(3)40(42(48)51)47-41(50)37(46-39(49)25-32-14-18-34-12-10-11-13-35(34)23-32)24-31-15-19-36(20-16-31)45(7,8)43(52)54-44(4,5)6/h10-23,26,37H,24-25,27H2,1-9H3,(H,46,49)(H,47,50). The molecule has 5 rings (SSSR count). The summed E-state index contributed by atoms with van der Waals surface area (Å²) in [4.78, 5) is 54.7. The number of carbonyl (C=O) groups excluding carboxylic acids is 3. The largest absolute Gasteiger partial charge is 0.496 e. The van der Waals surface area contributed by atoms with Crippen LogP contribution in [0.15, 0.2) is 95.9 Å². The number of carbonyl (C=O) groups is 3. The minimum atomic E-state index is -1.01. The molecule has 9 nitrogen and oxygen atoms in total. The number of hydrogen-bond acceptors (Lipinski definition) is 6. The predicted octanol–water partition coefficient (Wildman–Crippen LogP) is 7.51. The lowest BCUT2D eigenvalue weighted by Gasteiger charge is -2.29. The Morgan fingerprint density at radius 3 is 2.07 bits per heavy atom. The van der Waals surface area contributed by atoms with Crippen LogP contribution in [0.25, 0.3) is 10.8 Å². The Kier molecular flexibility index (Phi) is 11.8. The van der Waals surface area contributed by atoms with Gasteiger partial charge in [-0.3, -0.25) is 19.2 Å². The van der Waals surface area contributed by atoms with Crippen molar-refractivity contribution in [1.82, 2.24) is 9.88 Å². The number of benzene rings is 4. The summed E-state index contributed by atoms with van der Waals surface area (Å²) in [6, 6.07) is 25.9. The number of amides is 2. The molecular formula is C45H51N3O6. The second-order valence-corrected chi connectivity index (χ2v) is 15.5. The predicted molar refractivity (Wildman–Crippen MR) is 214 cm³/mol. The number of methoxy groups -OCH3 is 1. The molecule has 54 heavy (non-hydrogen) atoms. The molecular weight excluding hydrogens is 679 g/mol. The van der Waals surface area contributed by atoms with E-state index in [4.69, 9.17) is 9.47 Å². The highest BCUT2D eigenvalue weighted by Gasteiger charge is 2.34. The monoisotopic (exact) mass is 729 g/mol. The van der Waals surface area contributed by atoms with Gasteiger partial charge in [-0.15, -0.1) is 0 Å². The topological polar surface area (TPSA) is 116 Å². The van der Waals surface area contributed by atoms with Gasteiger partial charge in [0.1, 0.15) is 23.1 Å². The van der Waals surface area contributed by atoms with Gasteiger partial charge in [0.05, 0.1) is 25.5 Å². The van der Waals surface area contributed by atoms with Gasteiger partial charge in [0, 0.05) is 12.6 Å². The first-order chi connectivity index (χ1) is 25.4. The molecule has 0 saturated heterocycles. The fraction of sp³-hybridized carbons (Fsp3) is 0.333. The summed E-state index contributed by atoms with van der Waals surface area (Å²) >= 11 is 0. The number of nitrogens with one attached hydrogen (secondary N) is 2. The van der Waals surface area contributed by atoms with Crippen molar-refractivity contribution in [3.63, 3.8) is 0 Å². The zero-order valence-electron chi connectivity index (χ0n) is 32.8. The van der Waals surface area contributed by atoms with E-state index in [0.29, 0.717) is 12.1 Å². The van der Waals surface area contributed by atoms with Crippen molar-refractivity contribution in [3.8, 4) is 5.75 Å². The molecule has 4 aromatic carbocycles. The van der Waals surface area contributed by atoms with Gasteiger partial charge in [-0.2, -0.15) is 0 Å². The van der Waals surface area contributed by atoms with Crippen LogP contribution in [0.5, 0.6) is 5.75 Å². The molecule has 1 atom stereocenters. The Labute approximate surface area is 317 Å². The fourth-order valence-electron chi connectivity index (χ4n) is 6.41. The Balaban J connectivity index is 1.42. The normalized spacial score (nSPS) is 12.2. The van der Waals surface area contributed by atoms with E-state index in [2.05, 4.69) is 10.6 Å². The average Bonchev–Trinajstić information content (AvgIpc) is 3.11. The highest BCUT2D eigenvalue weighted by Crippen LogP contribution is 2.28. The van der Waals surface area contributed by atoms with Crippen LogP contribution in [0.4, 0.5) is 5.69 Å². The molecule has 0 aliphatic carbocycles. The lowest BCUT2D eigenvalue weighted by Crippen LogP contribution is -2.46. The number of esters is 1. The number of ether oxygens (including phenoxy) is 2. The third-order valence-corrected chi connectivity index (χ3v) is 9.71. The zero-order chi connectivity index (χ0) is 39.4. The van der Waals surface area contributed by atoms with Crippen LogP contribution in [0, 0.1) is 20.8 Å². The molecule has 2 N–H and O–H groups in total. The van der Waals surface area contributed by atoms with E-state index in [0.717, 1.165) is 49.9 Å². The van der Waals surface area contributed by atoms with E-state index in [1.54, 1.807) is 24.8 Å². The molecule has 5 aromatic rings. The van der Waals surface area contributed by atoms with Gasteiger partial charge in [-0.25, -0.2) is 0 Å². The maximum absolute atomic E-state index is 14.2. The molecule has 0 radical (unpaired) electrons. The second kappa shape index (κ2) is 16.1. The quantitative estimate of drug-likeness (QED) is 0.129. The molecule has 1 heterocycles. The van der Waals surface area contributed by atoms with Crippen molar-refractivity contribution < 1.29 is 23.9 Å². The summed E-state index contributed by atoms with van der Waals surface area (Å²) in [5.74, 6) is -0.435. The van der Waals surface area contributed by atoms with E-state index in [1.165, 1.54) is 0 Å². The SMILES string of the molecule is COc1ccc(Cn2cc(C)c(C)c(NC(=O)C(Cc3ccc(C(C)(C)C(=O)OC(C)(C)C)cc3)NC(=O)Cc3ccc4ccccc4c3)c2=O)cc1C. The summed E-state index contributed by atoms with van der Waals surface area (Å²) in [6.45, 7) is 15.1. The summed E-state index contributed by atoms with van der Waals surface area (Å²) in [7, 11) is 1.62. The van der Waals surface area contributed by atoms with Crippen LogP contribution in [0.2, 0.25) is 0 Å². The number of aryl methyl sites for hydroxylation is 2. The Bertz CT molecular complexity index is 2250. The summed E-state index contributed by atoms with van der Waals surface area (Å²) < 4.78 is 12.6. The van der Waals surface area contributed by atoms with Gasteiger partial charge in [0.15, 0.2) is 0 Å². The van der Waals surface area contributed by atoms with Crippen molar-refractivity contribution in [3.05, 3.63) is 140 Å². The molecule has 9 heteroatoms. The van der Waals surface area contributed by atoms with Crippen LogP contribution in [0.3, 0.4) is 0 Å². The number of pyridine rings is 1. The van der Waals surface area contributed by atoms with Crippen LogP contribution in [0.1, 0.15) is 73.6 Å². The van der Waals surface area contributed by atoms with Gasteiger partial charge in [-0.1, -0.05) is 78.9 Å². The molecule has 1 aromatic heterocycles. The molecule has 0 saturated carbocycles. The summed E-state index contributed by atoms with van der Waals surface area (Å²) in [6.07, 6.45) is 2.00. The first-order valence-corrected chi connectivity index (χ1v) is 18.2. The van der Waals surface area contributed by atoms with E-state index >= 15 is 0 Å². The number of fused-ring (bicyclic) bond motifs is 1. The van der Waals surface area contributed by atoms with E-state index < -0.39 is 23.0 Å². The lowest BCUT2D eigenvalue weighted by molar-refractivity contribution is -0.160. The second-order valence-electron chi connectivity index (χ2n) is 15.5. The zero-order valence-corrected chi connectivity index (χ0v) is 32.8. The van der Waals surface area contributed by atoms with E-state index in [1.807, 2.05) is 133 Å². The summed E-state index contributed by atoms with van der Waals surface area (Å²) in [5.41, 5.74) is 3.92. The Morgan fingerprint density at radius 1 is 0.778 bits per heavy atom. The number of rotatable bonds is 12. The van der Waals surface area contributed by atoms with Crippen molar-refractivity contribution in [2.45, 2.75) is 91.8 Å². The molecule has 1 unspecified atom stereocenters. The number of anilines is 1. The third-order valence-electron chi connectivity index (χ3n) is 9.71. The van der Waals surface area contributed by atoms with Gasteiger partial charge in [-0.05, 0) is 111 Å². The maximum atomic E-state index is 14.2. The number of aromatic nitrogens is 1. The molecule has 2 amide bonds. The van der Waals surface area contributed by atoms with Crippen molar-refractivity contribution in [2.24, 2.45) is 0 Å². The van der Waals surface area contributed by atoms with Crippen molar-refractivity contribution >= 4 is 34.2 Å². The first-order valence-electron chi connectivity index (χ1n) is 18.2. The molecule has 282 valence electrons. The maximum Gasteiger partial charge on any atom is 0.316 e. The van der Waals surface area contributed by atoms with Gasteiger partial charge < -0.3 is 24.7 Å². The Hall–Kier alpha value is -5.70. The van der Waals surface area contributed by atoms with Gasteiger partial charge in [0.25, 0.3) is 5.56 Å². The Morgan fingerprint density at radius 2 is 1.43 bits per heavy atom. The van der Waals surface area contributed by atoms with E-state index in [9.17, 15) is 19.2 Å². The van der Waals surface area contributed by atoms with Crippen LogP contribution in [-0.2, 0) is 43.9 Å². The molecule has 0 bridgehead atoms. The molecule has 0 spiro atoms. The van der Waals surface area contributed by atoms with Crippen LogP contribution < -0.4 is 20.9 Å². The first kappa shape index (κ1) is 39.5. The highest BCUT2D eigenvalue weighted by atomic mass is 16.6. The van der Waals surface area contributed by atoms with Crippen LogP contribution >= 0.6 is 0 Å². The van der Waals surface area contributed by atoms with E-state index in [-0.39, 0.29) is 36.0 Å². The highest BCUT2D eigenvalue weighted by molar-refractivity contribution is 5.98.